The minimum Gasteiger partial charge on any atom is -0.465 e. The number of esters is 1. The van der Waals surface area contributed by atoms with Gasteiger partial charge in [-0.05, 0) is 42.0 Å². The van der Waals surface area contributed by atoms with Crippen molar-refractivity contribution in [3.8, 4) is 5.75 Å². The monoisotopic (exact) mass is 349 g/mol. The van der Waals surface area contributed by atoms with Gasteiger partial charge in [0.25, 0.3) is 5.91 Å². The summed E-state index contributed by atoms with van der Waals surface area (Å²) in [5.74, 6) is -0.645. The molecule has 5 nitrogen and oxygen atoms in total. The van der Waals surface area contributed by atoms with Crippen LogP contribution in [0.4, 0.5) is 8.78 Å². The molecular weight excluding hydrogens is 332 g/mol. The third kappa shape index (κ3) is 5.00. The second kappa shape index (κ2) is 8.23. The number of benzene rings is 2. The van der Waals surface area contributed by atoms with Gasteiger partial charge in [0, 0.05) is 19.2 Å². The van der Waals surface area contributed by atoms with Gasteiger partial charge in [-0.25, -0.2) is 4.79 Å². The molecule has 0 heterocycles. The van der Waals surface area contributed by atoms with Crippen LogP contribution in [-0.2, 0) is 11.3 Å². The maximum absolute atomic E-state index is 12.4. The van der Waals surface area contributed by atoms with E-state index in [0.29, 0.717) is 17.7 Å². The van der Waals surface area contributed by atoms with Crippen LogP contribution in [0.1, 0.15) is 26.3 Å². The molecule has 0 aromatic heterocycles. The minimum absolute atomic E-state index is 0.0612. The van der Waals surface area contributed by atoms with Crippen LogP contribution in [0, 0.1) is 0 Å². The molecule has 2 aromatic carbocycles. The number of carbonyl (C=O) groups excluding carboxylic acids is 2. The fraction of sp³-hybridized carbons (Fsp3) is 0.222. The van der Waals surface area contributed by atoms with Crippen LogP contribution in [0.15, 0.2) is 48.5 Å². The van der Waals surface area contributed by atoms with E-state index in [1.807, 2.05) is 0 Å². The Bertz CT molecular complexity index is 730. The van der Waals surface area contributed by atoms with Gasteiger partial charge in [-0.1, -0.05) is 12.1 Å². The molecule has 0 aliphatic carbocycles. The number of alkyl halides is 2. The zero-order valence-electron chi connectivity index (χ0n) is 13.7. The van der Waals surface area contributed by atoms with Crippen LogP contribution in [0.5, 0.6) is 5.75 Å². The topological polar surface area (TPSA) is 55.8 Å². The van der Waals surface area contributed by atoms with E-state index in [-0.39, 0.29) is 11.7 Å². The number of methoxy groups -OCH3 is 1. The average molecular weight is 349 g/mol. The predicted octanol–water partition coefficient (Wildman–Crippen LogP) is 3.35. The largest absolute Gasteiger partial charge is 0.465 e. The molecule has 0 atom stereocenters. The van der Waals surface area contributed by atoms with Gasteiger partial charge in [0.2, 0.25) is 0 Å². The molecule has 0 aliphatic heterocycles. The third-order valence-electron chi connectivity index (χ3n) is 3.47. The van der Waals surface area contributed by atoms with Crippen LogP contribution in [0.2, 0.25) is 0 Å². The Balaban J connectivity index is 2.01. The predicted molar refractivity (Wildman–Crippen MR) is 86.7 cm³/mol. The molecule has 0 N–H and O–H groups in total. The van der Waals surface area contributed by atoms with Crippen LogP contribution in [0.3, 0.4) is 0 Å². The molecule has 132 valence electrons. The van der Waals surface area contributed by atoms with Crippen molar-refractivity contribution in [2.24, 2.45) is 0 Å². The average Bonchev–Trinajstić information content (AvgIpc) is 2.61. The Morgan fingerprint density at radius 2 is 1.56 bits per heavy atom. The fourth-order valence-electron chi connectivity index (χ4n) is 2.21. The van der Waals surface area contributed by atoms with Crippen molar-refractivity contribution >= 4 is 11.9 Å². The van der Waals surface area contributed by atoms with Crippen molar-refractivity contribution < 1.29 is 27.8 Å². The lowest BCUT2D eigenvalue weighted by Gasteiger charge is -2.17. The van der Waals surface area contributed by atoms with Gasteiger partial charge in [-0.3, -0.25) is 4.79 Å². The lowest BCUT2D eigenvalue weighted by Crippen LogP contribution is -2.26. The maximum Gasteiger partial charge on any atom is 0.387 e. The number of ether oxygens (including phenoxy) is 2. The van der Waals surface area contributed by atoms with Gasteiger partial charge in [-0.2, -0.15) is 8.78 Å². The highest BCUT2D eigenvalue weighted by Gasteiger charge is 2.14. The van der Waals surface area contributed by atoms with Crippen molar-refractivity contribution in [1.82, 2.24) is 4.90 Å². The van der Waals surface area contributed by atoms with E-state index in [9.17, 15) is 18.4 Å². The zero-order chi connectivity index (χ0) is 18.4. The first-order valence-corrected chi connectivity index (χ1v) is 7.38. The third-order valence-corrected chi connectivity index (χ3v) is 3.47. The maximum atomic E-state index is 12.4. The number of hydrogen-bond donors (Lipinski definition) is 0. The lowest BCUT2D eigenvalue weighted by atomic mass is 10.1. The first kappa shape index (κ1) is 18.4. The van der Waals surface area contributed by atoms with Gasteiger partial charge in [0.15, 0.2) is 0 Å². The van der Waals surface area contributed by atoms with Crippen molar-refractivity contribution in [2.75, 3.05) is 14.2 Å². The van der Waals surface area contributed by atoms with Crippen LogP contribution in [0.25, 0.3) is 0 Å². The number of amides is 1. The lowest BCUT2D eigenvalue weighted by molar-refractivity contribution is -0.0498. The molecule has 0 aliphatic rings. The highest BCUT2D eigenvalue weighted by atomic mass is 19.3. The van der Waals surface area contributed by atoms with E-state index in [1.54, 1.807) is 31.3 Å². The number of rotatable bonds is 6. The minimum atomic E-state index is -2.87. The van der Waals surface area contributed by atoms with Gasteiger partial charge < -0.3 is 14.4 Å². The van der Waals surface area contributed by atoms with Crippen molar-refractivity contribution in [1.29, 1.82) is 0 Å². The van der Waals surface area contributed by atoms with E-state index in [1.165, 1.54) is 36.3 Å². The van der Waals surface area contributed by atoms with Gasteiger partial charge >= 0.3 is 12.6 Å². The Morgan fingerprint density at radius 3 is 2.08 bits per heavy atom. The van der Waals surface area contributed by atoms with E-state index < -0.39 is 12.6 Å². The van der Waals surface area contributed by atoms with Crippen LogP contribution < -0.4 is 4.74 Å². The summed E-state index contributed by atoms with van der Waals surface area (Å²) in [6.07, 6.45) is 0. The summed E-state index contributed by atoms with van der Waals surface area (Å²) in [5.41, 5.74) is 1.55. The van der Waals surface area contributed by atoms with Gasteiger partial charge in [-0.15, -0.1) is 0 Å². The second-order valence-corrected chi connectivity index (χ2v) is 5.25. The molecule has 25 heavy (non-hydrogen) atoms. The Labute approximate surface area is 143 Å². The summed E-state index contributed by atoms with van der Waals surface area (Å²) in [5, 5.41) is 0. The molecule has 0 spiro atoms. The molecule has 0 unspecified atom stereocenters. The van der Waals surface area contributed by atoms with Crippen molar-refractivity contribution in [2.45, 2.75) is 13.2 Å². The van der Waals surface area contributed by atoms with E-state index in [0.717, 1.165) is 5.56 Å². The Kier molecular flexibility index (Phi) is 6.05. The molecule has 0 radical (unpaired) electrons. The van der Waals surface area contributed by atoms with Crippen LogP contribution in [-0.4, -0.2) is 37.5 Å². The van der Waals surface area contributed by atoms with Gasteiger partial charge in [0.05, 0.1) is 12.7 Å². The SMILES string of the molecule is COC(=O)c1ccc(C(=O)N(C)Cc2ccc(OC(F)F)cc2)cc1. The number of hydrogen-bond acceptors (Lipinski definition) is 4. The summed E-state index contributed by atoms with van der Waals surface area (Å²) in [6.45, 7) is -2.57. The quantitative estimate of drug-likeness (QED) is 0.751. The summed E-state index contributed by atoms with van der Waals surface area (Å²) in [7, 11) is 2.91. The number of carbonyl (C=O) groups is 2. The van der Waals surface area contributed by atoms with Crippen molar-refractivity contribution in [3.63, 3.8) is 0 Å². The molecule has 1 amide bonds. The highest BCUT2D eigenvalue weighted by Crippen LogP contribution is 2.16. The first-order chi connectivity index (χ1) is 11.9. The molecule has 2 aromatic rings. The molecule has 7 heteroatoms. The Hall–Kier alpha value is -2.96. The number of nitrogens with zero attached hydrogens (tertiary/aromatic N) is 1. The molecule has 0 fully saturated rings. The summed E-state index contributed by atoms with van der Waals surface area (Å²) in [6, 6.07) is 12.2. The second-order valence-electron chi connectivity index (χ2n) is 5.25. The number of halogens is 2. The Morgan fingerprint density at radius 1 is 1.00 bits per heavy atom. The summed E-state index contributed by atoms with van der Waals surface area (Å²) < 4.78 is 33.1. The molecule has 0 bridgehead atoms. The highest BCUT2D eigenvalue weighted by molar-refractivity contribution is 5.96. The van der Waals surface area contributed by atoms with E-state index in [2.05, 4.69) is 9.47 Å². The molecular formula is C18H17F2NO4. The standard InChI is InChI=1S/C18H17F2NO4/c1-21(11-12-3-9-15(10-4-12)25-18(19)20)16(22)13-5-7-14(8-6-13)17(23)24-2/h3-10,18H,11H2,1-2H3. The fourth-order valence-corrected chi connectivity index (χ4v) is 2.21. The van der Waals surface area contributed by atoms with E-state index >= 15 is 0 Å². The summed E-state index contributed by atoms with van der Waals surface area (Å²) >= 11 is 0. The molecule has 2 rings (SSSR count). The van der Waals surface area contributed by atoms with Crippen molar-refractivity contribution in [3.05, 3.63) is 65.2 Å². The van der Waals surface area contributed by atoms with E-state index in [4.69, 9.17) is 0 Å². The first-order valence-electron chi connectivity index (χ1n) is 7.38. The summed E-state index contributed by atoms with van der Waals surface area (Å²) in [4.78, 5) is 25.3. The smallest absolute Gasteiger partial charge is 0.387 e. The molecule has 0 saturated heterocycles. The zero-order valence-corrected chi connectivity index (χ0v) is 13.7. The normalized spacial score (nSPS) is 10.4. The van der Waals surface area contributed by atoms with Crippen LogP contribution >= 0.6 is 0 Å². The molecule has 0 saturated carbocycles. The van der Waals surface area contributed by atoms with Gasteiger partial charge in [0.1, 0.15) is 5.75 Å².